The molecule has 0 aliphatic carbocycles. The van der Waals surface area contributed by atoms with Crippen molar-refractivity contribution in [3.63, 3.8) is 0 Å². The van der Waals surface area contributed by atoms with E-state index in [1.165, 1.54) is 0 Å². The minimum Gasteiger partial charge on any atom is -0.339 e. The third-order valence-electron chi connectivity index (χ3n) is 2.46. The first-order valence-corrected chi connectivity index (χ1v) is 4.89. The van der Waals surface area contributed by atoms with Gasteiger partial charge in [-0.3, -0.25) is 9.59 Å². The molecule has 1 aliphatic rings. The van der Waals surface area contributed by atoms with Crippen LogP contribution in [-0.4, -0.2) is 47.8 Å². The highest BCUT2D eigenvalue weighted by molar-refractivity contribution is 5.79. The van der Waals surface area contributed by atoms with Crippen molar-refractivity contribution in [3.05, 3.63) is 6.92 Å². The van der Waals surface area contributed by atoms with Crippen molar-refractivity contribution in [1.29, 1.82) is 0 Å². The third kappa shape index (κ3) is 2.47. The molecule has 0 aromatic carbocycles. The lowest BCUT2D eigenvalue weighted by atomic mass is 10.1. The van der Waals surface area contributed by atoms with E-state index in [2.05, 4.69) is 6.92 Å². The normalized spacial score (nSPS) is 17.4. The summed E-state index contributed by atoms with van der Waals surface area (Å²) in [5.74, 6) is -0.0353. The van der Waals surface area contributed by atoms with Gasteiger partial charge in [-0.25, -0.2) is 0 Å². The summed E-state index contributed by atoms with van der Waals surface area (Å²) in [5.41, 5.74) is 0. The minimum atomic E-state index is -0.195. The molecule has 4 heteroatoms. The van der Waals surface area contributed by atoms with Gasteiger partial charge in [-0.1, -0.05) is 6.92 Å². The number of carbonyl (C=O) groups excluding carboxylic acids is 2. The fourth-order valence-electron chi connectivity index (χ4n) is 1.55. The van der Waals surface area contributed by atoms with Crippen LogP contribution in [0.5, 0.6) is 0 Å². The summed E-state index contributed by atoms with van der Waals surface area (Å²) >= 11 is 0. The van der Waals surface area contributed by atoms with Crippen molar-refractivity contribution in [1.82, 2.24) is 9.80 Å². The van der Waals surface area contributed by atoms with Crippen molar-refractivity contribution in [3.8, 4) is 0 Å². The van der Waals surface area contributed by atoms with Gasteiger partial charge in [-0.15, -0.1) is 0 Å². The van der Waals surface area contributed by atoms with Crippen molar-refractivity contribution in [2.75, 3.05) is 26.2 Å². The highest BCUT2D eigenvalue weighted by Crippen LogP contribution is 2.06. The minimum absolute atomic E-state index is 0.0770. The third-order valence-corrected chi connectivity index (χ3v) is 2.46. The first-order valence-electron chi connectivity index (χ1n) is 4.89. The standard InChI is InChI=1S/C10H17N2O2/c1-8(2)10(14)12-6-4-11(5-7-12)9(3)13/h8H,1,4-7H2,2-3H3. The van der Waals surface area contributed by atoms with Crippen LogP contribution < -0.4 is 0 Å². The zero-order chi connectivity index (χ0) is 10.7. The van der Waals surface area contributed by atoms with Gasteiger partial charge >= 0.3 is 0 Å². The first-order chi connectivity index (χ1) is 6.52. The number of nitrogens with zero attached hydrogens (tertiary/aromatic N) is 2. The Hall–Kier alpha value is -1.06. The van der Waals surface area contributed by atoms with Gasteiger partial charge in [0.05, 0.1) is 0 Å². The predicted octanol–water partition coefficient (Wildman–Crippen LogP) is 0.147. The topological polar surface area (TPSA) is 40.6 Å². The summed E-state index contributed by atoms with van der Waals surface area (Å²) in [4.78, 5) is 26.1. The molecule has 0 aromatic heterocycles. The second-order valence-corrected chi connectivity index (χ2v) is 3.73. The van der Waals surface area contributed by atoms with E-state index in [1.54, 1.807) is 23.6 Å². The van der Waals surface area contributed by atoms with Gasteiger partial charge < -0.3 is 9.80 Å². The Kier molecular flexibility index (Phi) is 3.49. The molecule has 1 rings (SSSR count). The quantitative estimate of drug-likeness (QED) is 0.600. The monoisotopic (exact) mass is 197 g/mol. The smallest absolute Gasteiger partial charge is 0.225 e. The average molecular weight is 197 g/mol. The Morgan fingerprint density at radius 3 is 1.93 bits per heavy atom. The lowest BCUT2D eigenvalue weighted by Gasteiger charge is -2.35. The lowest BCUT2D eigenvalue weighted by Crippen LogP contribution is -2.51. The molecule has 1 atom stereocenters. The molecule has 1 radical (unpaired) electrons. The van der Waals surface area contributed by atoms with Gasteiger partial charge in [0.1, 0.15) is 0 Å². The highest BCUT2D eigenvalue weighted by atomic mass is 16.2. The molecule has 1 fully saturated rings. The molecule has 0 N–H and O–H groups in total. The lowest BCUT2D eigenvalue weighted by molar-refractivity contribution is -0.139. The fraction of sp³-hybridized carbons (Fsp3) is 0.700. The van der Waals surface area contributed by atoms with E-state index < -0.39 is 0 Å². The van der Waals surface area contributed by atoms with Gasteiger partial charge in [0.2, 0.25) is 11.8 Å². The maximum Gasteiger partial charge on any atom is 0.225 e. The second-order valence-electron chi connectivity index (χ2n) is 3.73. The van der Waals surface area contributed by atoms with Crippen molar-refractivity contribution in [2.24, 2.45) is 5.92 Å². The maximum atomic E-state index is 11.5. The van der Waals surface area contributed by atoms with E-state index in [0.717, 1.165) is 0 Å². The summed E-state index contributed by atoms with van der Waals surface area (Å²) < 4.78 is 0. The number of piperazine rings is 1. The van der Waals surface area contributed by atoms with Gasteiger partial charge in [-0.05, 0) is 6.92 Å². The Labute approximate surface area is 84.9 Å². The van der Waals surface area contributed by atoms with Crippen molar-refractivity contribution < 1.29 is 9.59 Å². The molecule has 0 saturated carbocycles. The van der Waals surface area contributed by atoms with Crippen molar-refractivity contribution >= 4 is 11.8 Å². The van der Waals surface area contributed by atoms with Crippen LogP contribution in [-0.2, 0) is 9.59 Å². The molecule has 1 aliphatic heterocycles. The van der Waals surface area contributed by atoms with Gasteiger partial charge in [0, 0.05) is 39.0 Å². The Morgan fingerprint density at radius 2 is 1.57 bits per heavy atom. The largest absolute Gasteiger partial charge is 0.339 e. The van der Waals surface area contributed by atoms with Gasteiger partial charge in [0.15, 0.2) is 0 Å². The molecule has 1 heterocycles. The fourth-order valence-corrected chi connectivity index (χ4v) is 1.55. The average Bonchev–Trinajstić information content (AvgIpc) is 2.16. The number of hydrogen-bond donors (Lipinski definition) is 0. The van der Waals surface area contributed by atoms with E-state index in [4.69, 9.17) is 0 Å². The molecule has 14 heavy (non-hydrogen) atoms. The summed E-state index contributed by atoms with van der Waals surface area (Å²) in [6.45, 7) is 9.61. The second kappa shape index (κ2) is 4.44. The Balaban J connectivity index is 2.43. The molecule has 1 saturated heterocycles. The molecule has 0 bridgehead atoms. The van der Waals surface area contributed by atoms with Crippen LogP contribution in [0.4, 0.5) is 0 Å². The van der Waals surface area contributed by atoms with Crippen LogP contribution in [0.1, 0.15) is 13.8 Å². The van der Waals surface area contributed by atoms with Crippen LogP contribution in [0.15, 0.2) is 0 Å². The van der Waals surface area contributed by atoms with E-state index >= 15 is 0 Å². The SMILES string of the molecule is [CH2]C(C)C(=O)N1CCN(C(C)=O)CC1. The number of carbonyl (C=O) groups is 2. The van der Waals surface area contributed by atoms with E-state index in [0.29, 0.717) is 26.2 Å². The number of amides is 2. The summed E-state index contributed by atoms with van der Waals surface area (Å²) in [5, 5.41) is 0. The molecule has 79 valence electrons. The van der Waals surface area contributed by atoms with Crippen LogP contribution in [0.25, 0.3) is 0 Å². The summed E-state index contributed by atoms with van der Waals surface area (Å²) in [6, 6.07) is 0. The highest BCUT2D eigenvalue weighted by Gasteiger charge is 2.23. The van der Waals surface area contributed by atoms with Gasteiger partial charge in [-0.2, -0.15) is 0 Å². The molecular weight excluding hydrogens is 180 g/mol. The maximum absolute atomic E-state index is 11.5. The molecule has 0 aromatic rings. The zero-order valence-corrected chi connectivity index (χ0v) is 8.82. The van der Waals surface area contributed by atoms with Crippen LogP contribution in [0.3, 0.4) is 0 Å². The number of rotatable bonds is 1. The van der Waals surface area contributed by atoms with Crippen LogP contribution >= 0.6 is 0 Å². The summed E-state index contributed by atoms with van der Waals surface area (Å²) in [6.07, 6.45) is 0. The molecule has 0 spiro atoms. The van der Waals surface area contributed by atoms with Crippen molar-refractivity contribution in [2.45, 2.75) is 13.8 Å². The first kappa shape index (κ1) is 11.0. The zero-order valence-electron chi connectivity index (χ0n) is 8.82. The predicted molar refractivity (Wildman–Crippen MR) is 53.4 cm³/mol. The number of hydrogen-bond acceptors (Lipinski definition) is 2. The molecule has 4 nitrogen and oxygen atoms in total. The Morgan fingerprint density at radius 1 is 1.14 bits per heavy atom. The van der Waals surface area contributed by atoms with Crippen LogP contribution in [0.2, 0.25) is 0 Å². The molecule has 1 unspecified atom stereocenters. The molecule has 2 amide bonds. The summed E-state index contributed by atoms with van der Waals surface area (Å²) in [7, 11) is 0. The van der Waals surface area contributed by atoms with E-state index in [9.17, 15) is 9.59 Å². The Bertz CT molecular complexity index is 230. The molecular formula is C10H17N2O2. The van der Waals surface area contributed by atoms with Crippen LogP contribution in [0, 0.1) is 12.8 Å². The van der Waals surface area contributed by atoms with E-state index in [1.807, 2.05) is 0 Å². The van der Waals surface area contributed by atoms with Gasteiger partial charge in [0.25, 0.3) is 0 Å². The van der Waals surface area contributed by atoms with E-state index in [-0.39, 0.29) is 17.7 Å².